The van der Waals surface area contributed by atoms with Gasteiger partial charge in [-0.15, -0.1) is 0 Å². The topological polar surface area (TPSA) is 49.9 Å². The summed E-state index contributed by atoms with van der Waals surface area (Å²) in [6.45, 7) is 5.66. The molecule has 0 aliphatic rings. The van der Waals surface area contributed by atoms with Crippen molar-refractivity contribution in [2.45, 2.75) is 45.7 Å². The fourth-order valence-electron chi connectivity index (χ4n) is 2.48. The Kier molecular flexibility index (Phi) is 7.75. The Bertz CT molecular complexity index is 500. The number of hydrogen-bond donors (Lipinski definition) is 0. The molecule has 1 atom stereocenters. The van der Waals surface area contributed by atoms with Crippen LogP contribution >= 0.6 is 0 Å². The second-order valence-electron chi connectivity index (χ2n) is 6.07. The van der Waals surface area contributed by atoms with Crippen molar-refractivity contribution in [2.24, 2.45) is 0 Å². The molecule has 1 aromatic rings. The van der Waals surface area contributed by atoms with E-state index in [0.717, 1.165) is 12.1 Å². The van der Waals surface area contributed by atoms with E-state index in [4.69, 9.17) is 4.74 Å². The van der Waals surface area contributed by atoms with E-state index in [0.29, 0.717) is 6.42 Å². The van der Waals surface area contributed by atoms with Gasteiger partial charge in [0.2, 0.25) is 0 Å². The number of ether oxygens (including phenoxy) is 1. The summed E-state index contributed by atoms with van der Waals surface area (Å²) in [5, 5.41) is 0. The van der Waals surface area contributed by atoms with Gasteiger partial charge >= 0.3 is 5.97 Å². The Morgan fingerprint density at radius 2 is 1.74 bits per heavy atom. The number of likely N-dealkylation sites (N-methyl/N-ethyl adjacent to an activating group) is 1. The van der Waals surface area contributed by atoms with Crippen LogP contribution in [0.4, 0.5) is 5.69 Å². The Morgan fingerprint density at radius 3 is 2.22 bits per heavy atom. The Morgan fingerprint density at radius 1 is 1.13 bits per heavy atom. The first-order valence-corrected chi connectivity index (χ1v) is 8.08. The van der Waals surface area contributed by atoms with Crippen molar-refractivity contribution >= 4 is 17.6 Å². The number of carbonyl (C=O) groups excluding carboxylic acids is 2. The number of benzene rings is 1. The van der Waals surface area contributed by atoms with Crippen molar-refractivity contribution in [3.8, 4) is 0 Å². The van der Waals surface area contributed by atoms with Crippen LogP contribution in [0.15, 0.2) is 30.3 Å². The monoisotopic (exact) mass is 320 g/mol. The minimum atomic E-state index is -0.345. The molecule has 23 heavy (non-hydrogen) atoms. The quantitative estimate of drug-likeness (QED) is 0.691. The number of nitrogens with zero attached hydrogens (tertiary/aromatic N) is 2. The third-order valence-electron chi connectivity index (χ3n) is 3.61. The van der Waals surface area contributed by atoms with Gasteiger partial charge in [0.05, 0.1) is 0 Å². The predicted octanol–water partition coefficient (Wildman–Crippen LogP) is 2.70. The first-order valence-electron chi connectivity index (χ1n) is 8.08. The number of para-hydroxylation sites is 1. The van der Waals surface area contributed by atoms with Gasteiger partial charge in [-0.1, -0.05) is 31.5 Å². The van der Waals surface area contributed by atoms with Crippen LogP contribution in [0, 0.1) is 0 Å². The minimum Gasteiger partial charge on any atom is -0.454 e. The first kappa shape index (κ1) is 19.2. The predicted molar refractivity (Wildman–Crippen MR) is 92.4 cm³/mol. The zero-order valence-corrected chi connectivity index (χ0v) is 14.8. The average molecular weight is 320 g/mol. The fraction of sp³-hybridized carbons (Fsp3) is 0.556. The van der Waals surface area contributed by atoms with Gasteiger partial charge in [0.1, 0.15) is 6.04 Å². The SMILES string of the molecule is CCC[C@H](C(=O)OCC(=O)N(c1ccccc1)C(C)C)N(C)C. The lowest BCUT2D eigenvalue weighted by atomic mass is 10.1. The fourth-order valence-corrected chi connectivity index (χ4v) is 2.48. The summed E-state index contributed by atoms with van der Waals surface area (Å²) in [5.74, 6) is -0.560. The second-order valence-corrected chi connectivity index (χ2v) is 6.07. The highest BCUT2D eigenvalue weighted by molar-refractivity contribution is 5.95. The molecule has 0 radical (unpaired) electrons. The van der Waals surface area contributed by atoms with E-state index in [2.05, 4.69) is 0 Å². The molecule has 1 amide bonds. The van der Waals surface area contributed by atoms with Crippen LogP contribution in [-0.4, -0.2) is 49.6 Å². The highest BCUT2D eigenvalue weighted by atomic mass is 16.5. The molecule has 128 valence electrons. The number of esters is 1. The molecule has 0 unspecified atom stereocenters. The number of hydrogen-bond acceptors (Lipinski definition) is 4. The molecule has 0 heterocycles. The Hall–Kier alpha value is -1.88. The van der Waals surface area contributed by atoms with Gasteiger partial charge in [0.15, 0.2) is 6.61 Å². The largest absolute Gasteiger partial charge is 0.454 e. The summed E-state index contributed by atoms with van der Waals surface area (Å²) in [5.41, 5.74) is 0.807. The maximum absolute atomic E-state index is 12.5. The van der Waals surface area contributed by atoms with Gasteiger partial charge in [-0.3, -0.25) is 14.5 Å². The van der Waals surface area contributed by atoms with Crippen LogP contribution in [0.3, 0.4) is 0 Å². The zero-order valence-electron chi connectivity index (χ0n) is 14.8. The zero-order chi connectivity index (χ0) is 17.4. The molecule has 0 N–H and O–H groups in total. The highest BCUT2D eigenvalue weighted by Crippen LogP contribution is 2.17. The third kappa shape index (κ3) is 5.67. The number of anilines is 1. The van der Waals surface area contributed by atoms with Gasteiger partial charge < -0.3 is 9.64 Å². The van der Waals surface area contributed by atoms with E-state index in [9.17, 15) is 9.59 Å². The average Bonchev–Trinajstić information content (AvgIpc) is 2.50. The van der Waals surface area contributed by atoms with Gasteiger partial charge in [-0.2, -0.15) is 0 Å². The molecule has 0 fully saturated rings. The lowest BCUT2D eigenvalue weighted by Crippen LogP contribution is -2.42. The van der Waals surface area contributed by atoms with Gasteiger partial charge in [-0.05, 0) is 46.5 Å². The van der Waals surface area contributed by atoms with Crippen molar-refractivity contribution in [1.29, 1.82) is 0 Å². The molecular formula is C18H28N2O3. The van der Waals surface area contributed by atoms with Crippen molar-refractivity contribution in [3.05, 3.63) is 30.3 Å². The third-order valence-corrected chi connectivity index (χ3v) is 3.61. The highest BCUT2D eigenvalue weighted by Gasteiger charge is 2.24. The van der Waals surface area contributed by atoms with Crippen molar-refractivity contribution in [3.63, 3.8) is 0 Å². The summed E-state index contributed by atoms with van der Waals surface area (Å²) >= 11 is 0. The molecule has 0 spiro atoms. The standard InChI is InChI=1S/C18H28N2O3/c1-6-10-16(19(4)5)18(22)23-13-17(21)20(14(2)3)15-11-8-7-9-12-15/h7-9,11-12,14,16H,6,10,13H2,1-5H3/t16-/m1/s1. The lowest BCUT2D eigenvalue weighted by molar-refractivity contribution is -0.152. The molecule has 0 aliphatic heterocycles. The van der Waals surface area contributed by atoms with E-state index in [1.54, 1.807) is 4.90 Å². The molecule has 1 aromatic carbocycles. The number of amides is 1. The number of rotatable bonds is 8. The van der Waals surface area contributed by atoms with E-state index in [1.807, 2.05) is 70.1 Å². The molecule has 0 saturated carbocycles. The van der Waals surface area contributed by atoms with E-state index in [1.165, 1.54) is 0 Å². The molecule has 1 rings (SSSR count). The van der Waals surface area contributed by atoms with Crippen LogP contribution in [-0.2, 0) is 14.3 Å². The first-order chi connectivity index (χ1) is 10.9. The second kappa shape index (κ2) is 9.30. The van der Waals surface area contributed by atoms with Crippen molar-refractivity contribution in [1.82, 2.24) is 4.90 Å². The lowest BCUT2D eigenvalue weighted by Gasteiger charge is -2.27. The summed E-state index contributed by atoms with van der Waals surface area (Å²) in [4.78, 5) is 28.1. The molecule has 0 bridgehead atoms. The molecule has 0 aromatic heterocycles. The van der Waals surface area contributed by atoms with Crippen LogP contribution in [0.25, 0.3) is 0 Å². The van der Waals surface area contributed by atoms with Gasteiger partial charge in [0.25, 0.3) is 5.91 Å². The van der Waals surface area contributed by atoms with E-state index < -0.39 is 0 Å². The Labute approximate surface area is 139 Å². The maximum Gasteiger partial charge on any atom is 0.323 e. The molecule has 5 heteroatoms. The summed E-state index contributed by atoms with van der Waals surface area (Å²) < 4.78 is 5.26. The van der Waals surface area contributed by atoms with Crippen LogP contribution in [0.2, 0.25) is 0 Å². The van der Waals surface area contributed by atoms with Gasteiger partial charge in [-0.25, -0.2) is 0 Å². The molecule has 0 aliphatic carbocycles. The minimum absolute atomic E-state index is 0.0103. The molecule has 0 saturated heterocycles. The summed E-state index contributed by atoms with van der Waals surface area (Å²) in [7, 11) is 3.68. The smallest absolute Gasteiger partial charge is 0.323 e. The number of carbonyl (C=O) groups is 2. The Balaban J connectivity index is 2.71. The summed E-state index contributed by atoms with van der Waals surface area (Å²) in [6, 6.07) is 9.10. The van der Waals surface area contributed by atoms with Crippen LogP contribution in [0.5, 0.6) is 0 Å². The van der Waals surface area contributed by atoms with Crippen molar-refractivity contribution in [2.75, 3.05) is 25.6 Å². The van der Waals surface area contributed by atoms with E-state index in [-0.39, 0.29) is 30.6 Å². The van der Waals surface area contributed by atoms with Crippen LogP contribution < -0.4 is 4.90 Å². The van der Waals surface area contributed by atoms with Crippen molar-refractivity contribution < 1.29 is 14.3 Å². The normalized spacial score (nSPS) is 12.3. The molecular weight excluding hydrogens is 292 g/mol. The molecule has 5 nitrogen and oxygen atoms in total. The van der Waals surface area contributed by atoms with Crippen LogP contribution in [0.1, 0.15) is 33.6 Å². The van der Waals surface area contributed by atoms with E-state index >= 15 is 0 Å². The maximum atomic E-state index is 12.5. The van der Waals surface area contributed by atoms with Gasteiger partial charge in [0, 0.05) is 11.7 Å². The summed E-state index contributed by atoms with van der Waals surface area (Å²) in [6.07, 6.45) is 1.60.